The third-order valence-corrected chi connectivity index (χ3v) is 6.10. The minimum atomic E-state index is -4.09. The number of hydrogen-bond donors (Lipinski definition) is 4. The second-order valence-electron chi connectivity index (χ2n) is 7.38. The van der Waals surface area contributed by atoms with Gasteiger partial charge in [0.05, 0.1) is 25.4 Å². The minimum Gasteiger partial charge on any atom is -0.388 e. The summed E-state index contributed by atoms with van der Waals surface area (Å²) in [4.78, 5) is 8.45. The monoisotopic (exact) mass is 499 g/mol. The highest BCUT2D eigenvalue weighted by atomic mass is 35.5. The maximum absolute atomic E-state index is 10.8. The van der Waals surface area contributed by atoms with Gasteiger partial charge in [0.15, 0.2) is 17.0 Å². The Morgan fingerprint density at radius 3 is 2.76 bits per heavy atom. The molecule has 0 bridgehead atoms. The molecule has 1 fully saturated rings. The molecule has 4 rings (SSSR count). The molecule has 0 saturated heterocycles. The van der Waals surface area contributed by atoms with E-state index in [9.17, 15) is 18.6 Å². The van der Waals surface area contributed by atoms with Crippen LogP contribution >= 0.6 is 11.6 Å². The molecule has 0 aliphatic heterocycles. The van der Waals surface area contributed by atoms with Gasteiger partial charge in [0.1, 0.15) is 18.5 Å². The Morgan fingerprint density at radius 2 is 2.00 bits per heavy atom. The van der Waals surface area contributed by atoms with Gasteiger partial charge in [-0.3, -0.25) is 4.18 Å². The molecule has 15 heteroatoms. The van der Waals surface area contributed by atoms with Crippen LogP contribution in [0.4, 0.5) is 5.82 Å². The van der Waals surface area contributed by atoms with Crippen LogP contribution in [0.3, 0.4) is 0 Å². The third-order valence-electron chi connectivity index (χ3n) is 5.24. The van der Waals surface area contributed by atoms with Gasteiger partial charge in [-0.2, -0.15) is 8.42 Å². The number of nitrogens with two attached hydrogens (primary N) is 1. The SMILES string of the molecule is NS(=O)(=O)OCCO[C@@H]1C[C@H](n2nnc3c(NCc4ccccc4Cl)ncnc32)[C@@H](O)[C@H]1O. The van der Waals surface area contributed by atoms with Crippen molar-refractivity contribution in [2.45, 2.75) is 37.3 Å². The Kier molecular flexibility index (Phi) is 7.04. The lowest BCUT2D eigenvalue weighted by Crippen LogP contribution is -2.33. The molecule has 3 aromatic rings. The summed E-state index contributed by atoms with van der Waals surface area (Å²) in [5, 5.41) is 37.7. The van der Waals surface area contributed by atoms with E-state index in [2.05, 4.69) is 29.8 Å². The molecule has 0 spiro atoms. The summed E-state index contributed by atoms with van der Waals surface area (Å²) in [6.07, 6.45) is -1.71. The largest absolute Gasteiger partial charge is 0.388 e. The van der Waals surface area contributed by atoms with Crippen LogP contribution in [-0.4, -0.2) is 75.1 Å². The Hall–Kier alpha value is -2.46. The average molecular weight is 500 g/mol. The Labute approximate surface area is 193 Å². The smallest absolute Gasteiger partial charge is 0.333 e. The van der Waals surface area contributed by atoms with Crippen molar-refractivity contribution in [2.24, 2.45) is 5.14 Å². The van der Waals surface area contributed by atoms with Crippen molar-refractivity contribution in [1.82, 2.24) is 25.0 Å². The predicted octanol–water partition coefficient (Wildman–Crippen LogP) is -0.241. The summed E-state index contributed by atoms with van der Waals surface area (Å²) in [5.41, 5.74) is 1.62. The molecule has 0 unspecified atom stereocenters. The first-order valence-corrected chi connectivity index (χ1v) is 11.8. The van der Waals surface area contributed by atoms with E-state index in [0.717, 1.165) is 5.56 Å². The van der Waals surface area contributed by atoms with Crippen LogP contribution in [0.2, 0.25) is 5.02 Å². The second-order valence-corrected chi connectivity index (χ2v) is 9.01. The van der Waals surface area contributed by atoms with Crippen molar-refractivity contribution >= 4 is 38.9 Å². The molecule has 13 nitrogen and oxygen atoms in total. The first-order chi connectivity index (χ1) is 15.7. The molecule has 1 saturated carbocycles. The molecular formula is C18H22ClN7O6S. The zero-order chi connectivity index (χ0) is 23.6. The van der Waals surface area contributed by atoms with Gasteiger partial charge in [-0.05, 0) is 11.6 Å². The number of rotatable bonds is 9. The zero-order valence-corrected chi connectivity index (χ0v) is 18.7. The maximum Gasteiger partial charge on any atom is 0.333 e. The highest BCUT2D eigenvalue weighted by Crippen LogP contribution is 2.34. The molecule has 178 valence electrons. The third kappa shape index (κ3) is 5.38. The fraction of sp³-hybridized carbons (Fsp3) is 0.444. The summed E-state index contributed by atoms with van der Waals surface area (Å²) in [5.74, 6) is 0.437. The number of nitrogens with zero attached hydrogens (tertiary/aromatic N) is 5. The van der Waals surface area contributed by atoms with Gasteiger partial charge >= 0.3 is 10.3 Å². The van der Waals surface area contributed by atoms with E-state index in [-0.39, 0.29) is 19.6 Å². The van der Waals surface area contributed by atoms with E-state index in [1.54, 1.807) is 6.07 Å². The lowest BCUT2D eigenvalue weighted by Gasteiger charge is -2.17. The van der Waals surface area contributed by atoms with Crippen LogP contribution in [0, 0.1) is 0 Å². The van der Waals surface area contributed by atoms with Gasteiger partial charge in [0.2, 0.25) is 0 Å². The van der Waals surface area contributed by atoms with Crippen molar-refractivity contribution in [1.29, 1.82) is 0 Å². The quantitative estimate of drug-likeness (QED) is 0.284. The van der Waals surface area contributed by atoms with Gasteiger partial charge in [-0.1, -0.05) is 35.0 Å². The summed E-state index contributed by atoms with van der Waals surface area (Å²) in [7, 11) is -4.09. The molecule has 0 amide bonds. The number of anilines is 1. The number of aromatic nitrogens is 5. The van der Waals surface area contributed by atoms with E-state index in [4.69, 9.17) is 21.5 Å². The molecule has 33 heavy (non-hydrogen) atoms. The number of hydrogen-bond acceptors (Lipinski definition) is 11. The van der Waals surface area contributed by atoms with Crippen molar-refractivity contribution in [3.63, 3.8) is 0 Å². The molecule has 2 heterocycles. The first-order valence-electron chi connectivity index (χ1n) is 9.92. The van der Waals surface area contributed by atoms with Gasteiger partial charge in [-0.15, -0.1) is 5.10 Å². The number of aliphatic hydroxyl groups is 2. The molecule has 1 aliphatic carbocycles. The highest BCUT2D eigenvalue weighted by Gasteiger charge is 2.44. The molecular weight excluding hydrogens is 478 g/mol. The van der Waals surface area contributed by atoms with Crippen LogP contribution < -0.4 is 10.5 Å². The second kappa shape index (κ2) is 9.80. The molecule has 1 aromatic carbocycles. The molecule has 4 atom stereocenters. The van der Waals surface area contributed by atoms with Crippen LogP contribution in [-0.2, 0) is 25.8 Å². The molecule has 5 N–H and O–H groups in total. The van der Waals surface area contributed by atoms with E-state index >= 15 is 0 Å². The highest BCUT2D eigenvalue weighted by molar-refractivity contribution is 7.84. The lowest BCUT2D eigenvalue weighted by atomic mass is 10.2. The lowest BCUT2D eigenvalue weighted by molar-refractivity contribution is -0.0612. The van der Waals surface area contributed by atoms with E-state index in [1.807, 2.05) is 18.2 Å². The Balaban J connectivity index is 1.47. The standard InChI is InChI=1S/C18H22ClN7O6S/c19-11-4-2-1-3-10(11)8-21-17-14-18(23-9-22-17)26(25-24-14)12-7-13(16(28)15(12)27)31-5-6-32-33(20,29)30/h1-4,9,12-13,15-16,27-28H,5-8H2,(H2,20,29,30)(H,21,22,23)/t12-,13+,15+,16-/m0/s1. The van der Waals surface area contributed by atoms with Gasteiger partial charge in [-0.25, -0.2) is 19.8 Å². The summed E-state index contributed by atoms with van der Waals surface area (Å²) in [6.45, 7) is -0.0589. The van der Waals surface area contributed by atoms with Crippen molar-refractivity contribution < 1.29 is 27.6 Å². The predicted molar refractivity (Wildman–Crippen MR) is 116 cm³/mol. The number of fused-ring (bicyclic) bond motifs is 1. The number of ether oxygens (including phenoxy) is 1. The van der Waals surface area contributed by atoms with E-state index in [1.165, 1.54) is 11.0 Å². The van der Waals surface area contributed by atoms with Crippen molar-refractivity contribution in [3.8, 4) is 0 Å². The van der Waals surface area contributed by atoms with Crippen LogP contribution in [0.25, 0.3) is 11.2 Å². The minimum absolute atomic E-state index is 0.145. The van der Waals surface area contributed by atoms with Crippen LogP contribution in [0.15, 0.2) is 30.6 Å². The van der Waals surface area contributed by atoms with Gasteiger partial charge in [0, 0.05) is 18.0 Å². The Morgan fingerprint density at radius 1 is 1.21 bits per heavy atom. The van der Waals surface area contributed by atoms with Crippen LogP contribution in [0.1, 0.15) is 18.0 Å². The molecule has 1 aliphatic rings. The zero-order valence-electron chi connectivity index (χ0n) is 17.2. The summed E-state index contributed by atoms with van der Waals surface area (Å²) >= 11 is 6.20. The normalized spacial score (nSPS) is 23.3. The number of halogens is 1. The van der Waals surface area contributed by atoms with Crippen molar-refractivity contribution in [2.75, 3.05) is 18.5 Å². The first kappa shape index (κ1) is 23.7. The topological polar surface area (TPSA) is 188 Å². The van der Waals surface area contributed by atoms with Crippen molar-refractivity contribution in [3.05, 3.63) is 41.2 Å². The molecule has 2 aromatic heterocycles. The fourth-order valence-corrected chi connectivity index (χ4v) is 4.17. The van der Waals surface area contributed by atoms with Gasteiger partial charge in [0.25, 0.3) is 0 Å². The summed E-state index contributed by atoms with van der Waals surface area (Å²) < 4.78 is 32.9. The molecule has 0 radical (unpaired) electrons. The van der Waals surface area contributed by atoms with E-state index in [0.29, 0.717) is 28.5 Å². The Bertz CT molecular complexity index is 1230. The number of nitrogens with one attached hydrogen (secondary N) is 1. The number of benzene rings is 1. The number of aliphatic hydroxyl groups excluding tert-OH is 2. The van der Waals surface area contributed by atoms with Gasteiger partial charge < -0.3 is 20.3 Å². The maximum atomic E-state index is 10.8. The fourth-order valence-electron chi connectivity index (χ4n) is 3.66. The van der Waals surface area contributed by atoms with Crippen LogP contribution in [0.5, 0.6) is 0 Å². The summed E-state index contributed by atoms with van der Waals surface area (Å²) in [6, 6.07) is 6.71. The van der Waals surface area contributed by atoms with E-state index < -0.39 is 34.7 Å². The average Bonchev–Trinajstić information content (AvgIpc) is 3.32.